The molecule has 3 saturated heterocycles. The number of aromatic nitrogens is 3. The number of carbonyl (C=O) groups excluding carboxylic acids is 1. The molecule has 3 aromatic rings. The molecule has 13 nitrogen and oxygen atoms in total. The summed E-state index contributed by atoms with van der Waals surface area (Å²) in [6, 6.07) is 9.58. The molecule has 1 amide bonds. The largest absolute Gasteiger partial charge is 0.444 e. The van der Waals surface area contributed by atoms with E-state index in [2.05, 4.69) is 21.4 Å². The fourth-order valence-corrected chi connectivity index (χ4v) is 9.19. The Labute approximate surface area is 326 Å². The third-order valence-electron chi connectivity index (χ3n) is 10.9. The van der Waals surface area contributed by atoms with Crippen molar-refractivity contribution in [2.24, 2.45) is 5.92 Å². The quantitative estimate of drug-likeness (QED) is 0.175. The Hall–Kier alpha value is -4.20. The molecule has 0 spiro atoms. The second-order valence-corrected chi connectivity index (χ2v) is 18.6. The first-order valence-electron chi connectivity index (χ1n) is 19.5. The summed E-state index contributed by atoms with van der Waals surface area (Å²) in [6.07, 6.45) is 4.30. The van der Waals surface area contributed by atoms with Gasteiger partial charge in [-0.15, -0.1) is 0 Å². The third-order valence-corrected chi connectivity index (χ3v) is 12.5. The molecule has 1 N–H and O–H groups in total. The Kier molecular flexibility index (Phi) is 12.4. The second kappa shape index (κ2) is 16.7. The highest BCUT2D eigenvalue weighted by molar-refractivity contribution is 7.91. The van der Waals surface area contributed by atoms with Crippen LogP contribution in [0.2, 0.25) is 0 Å². The summed E-state index contributed by atoms with van der Waals surface area (Å²) >= 11 is 0. The number of hydrogen-bond acceptors (Lipinski definition) is 11. The highest BCUT2D eigenvalue weighted by atomic mass is 32.2. The van der Waals surface area contributed by atoms with Gasteiger partial charge >= 0.3 is 6.09 Å². The SMILES string of the molecule is C[C@@H](Nc1ncnc2c1cc(C1(C#N)CCS(=O)(=O)CC1)c(=O)n2CCCCCCC1OCCO1)c1cccc(C(F)(F)CC2CN(C(=O)OC(C)(C)C)C2)c1. The molecule has 304 valence electrons. The van der Waals surface area contributed by atoms with Crippen LogP contribution in [0.4, 0.5) is 19.4 Å². The Morgan fingerprint density at radius 3 is 2.46 bits per heavy atom. The van der Waals surface area contributed by atoms with Gasteiger partial charge < -0.3 is 24.4 Å². The van der Waals surface area contributed by atoms with Crippen molar-refractivity contribution in [3.8, 4) is 6.07 Å². The number of likely N-dealkylation sites (tertiary alicyclic amines) is 1. The number of sulfone groups is 1. The van der Waals surface area contributed by atoms with Gasteiger partial charge in [-0.1, -0.05) is 31.0 Å². The normalized spacial score (nSPS) is 19.3. The summed E-state index contributed by atoms with van der Waals surface area (Å²) in [4.78, 5) is 37.0. The highest BCUT2D eigenvalue weighted by Crippen LogP contribution is 2.40. The molecule has 2 aromatic heterocycles. The Morgan fingerprint density at radius 2 is 1.79 bits per heavy atom. The monoisotopic (exact) mass is 798 g/mol. The number of anilines is 1. The zero-order chi connectivity index (χ0) is 40.3. The summed E-state index contributed by atoms with van der Waals surface area (Å²) in [5.41, 5.74) is -1.39. The zero-order valence-electron chi connectivity index (χ0n) is 32.6. The molecule has 1 aromatic carbocycles. The van der Waals surface area contributed by atoms with Crippen LogP contribution in [0.3, 0.4) is 0 Å². The molecule has 0 bridgehead atoms. The van der Waals surface area contributed by atoms with E-state index in [0.717, 1.165) is 25.7 Å². The molecule has 5 heterocycles. The average Bonchev–Trinajstić information content (AvgIpc) is 3.65. The first kappa shape index (κ1) is 41.4. The standard InChI is InChI=1S/C40H52F2N6O7S/c1-27(29-10-9-11-30(20-29)40(41,42)22-28-23-47(24-28)37(50)55-38(2,3)4)46-34-31-21-32(39(25-43)13-18-56(51,52)19-14-39)36(49)48(35(31)45-26-44-34)15-8-6-5-7-12-33-53-16-17-54-33/h9-11,20-21,26-28,33H,5-8,12-19,22-24H2,1-4H3,(H,44,45,46)/t27-/m1/s1. The predicted molar refractivity (Wildman–Crippen MR) is 206 cm³/mol. The minimum absolute atomic E-state index is 0.00829. The first-order chi connectivity index (χ1) is 26.5. The Morgan fingerprint density at radius 1 is 1.09 bits per heavy atom. The lowest BCUT2D eigenvalue weighted by Crippen LogP contribution is -2.52. The fourth-order valence-electron chi connectivity index (χ4n) is 7.66. The number of benzene rings is 1. The van der Waals surface area contributed by atoms with E-state index in [0.29, 0.717) is 48.6 Å². The molecule has 6 rings (SSSR count). The van der Waals surface area contributed by atoms with E-state index >= 15 is 8.78 Å². The lowest BCUT2D eigenvalue weighted by molar-refractivity contribution is -0.0612. The lowest BCUT2D eigenvalue weighted by Gasteiger charge is -2.41. The van der Waals surface area contributed by atoms with Crippen LogP contribution in [-0.4, -0.2) is 83.6 Å². The molecule has 0 unspecified atom stereocenters. The van der Waals surface area contributed by atoms with Crippen molar-refractivity contribution in [3.63, 3.8) is 0 Å². The van der Waals surface area contributed by atoms with Crippen LogP contribution in [0.15, 0.2) is 41.5 Å². The molecule has 3 aliphatic rings. The lowest BCUT2D eigenvalue weighted by atomic mass is 9.77. The van der Waals surface area contributed by atoms with Crippen molar-refractivity contribution in [2.75, 3.05) is 43.1 Å². The van der Waals surface area contributed by atoms with E-state index in [4.69, 9.17) is 14.2 Å². The van der Waals surface area contributed by atoms with E-state index in [1.54, 1.807) is 43.5 Å². The number of rotatable bonds is 14. The molecule has 3 aliphatic heterocycles. The number of hydrogen-bond donors (Lipinski definition) is 1. The number of nitrogens with zero attached hydrogens (tertiary/aromatic N) is 5. The van der Waals surface area contributed by atoms with Crippen molar-refractivity contribution in [1.29, 1.82) is 5.26 Å². The predicted octanol–water partition coefficient (Wildman–Crippen LogP) is 6.61. The number of pyridine rings is 1. The number of carbonyl (C=O) groups is 1. The number of nitriles is 1. The van der Waals surface area contributed by atoms with Crippen LogP contribution < -0.4 is 10.9 Å². The number of aryl methyl sites for hydroxylation is 1. The summed E-state index contributed by atoms with van der Waals surface area (Å²) in [5, 5.41) is 14.3. The zero-order valence-corrected chi connectivity index (χ0v) is 33.4. The van der Waals surface area contributed by atoms with E-state index in [1.165, 1.54) is 23.4 Å². The van der Waals surface area contributed by atoms with Crippen LogP contribution in [0, 0.1) is 17.2 Å². The molecular formula is C40H52F2N6O7S. The van der Waals surface area contributed by atoms with Gasteiger partial charge in [-0.2, -0.15) is 5.26 Å². The van der Waals surface area contributed by atoms with Crippen molar-refractivity contribution < 1.29 is 36.2 Å². The average molecular weight is 799 g/mol. The Bertz CT molecular complexity index is 2090. The van der Waals surface area contributed by atoms with Crippen LogP contribution in [-0.2, 0) is 41.9 Å². The van der Waals surface area contributed by atoms with Gasteiger partial charge in [0.05, 0.1) is 41.6 Å². The summed E-state index contributed by atoms with van der Waals surface area (Å²) in [5.74, 6) is -3.59. The molecule has 0 radical (unpaired) electrons. The van der Waals surface area contributed by atoms with Crippen LogP contribution in [0.25, 0.3) is 11.0 Å². The maximum absolute atomic E-state index is 15.7. The van der Waals surface area contributed by atoms with Gasteiger partial charge in [0.15, 0.2) is 6.29 Å². The van der Waals surface area contributed by atoms with Crippen molar-refractivity contribution in [1.82, 2.24) is 19.4 Å². The van der Waals surface area contributed by atoms with Gasteiger partial charge in [0.1, 0.15) is 33.2 Å². The molecule has 3 fully saturated rings. The molecule has 56 heavy (non-hydrogen) atoms. The van der Waals surface area contributed by atoms with E-state index < -0.39 is 45.3 Å². The number of amides is 1. The number of alkyl halides is 2. The first-order valence-corrected chi connectivity index (χ1v) is 21.3. The fraction of sp³-hybridized carbons (Fsp3) is 0.625. The number of unbranched alkanes of at least 4 members (excludes halogenated alkanes) is 3. The van der Waals surface area contributed by atoms with Crippen molar-refractivity contribution >= 4 is 32.8 Å². The van der Waals surface area contributed by atoms with E-state index in [1.807, 2.05) is 6.92 Å². The smallest absolute Gasteiger partial charge is 0.410 e. The maximum Gasteiger partial charge on any atom is 0.410 e. The highest BCUT2D eigenvalue weighted by Gasteiger charge is 2.43. The van der Waals surface area contributed by atoms with Crippen LogP contribution in [0.5, 0.6) is 0 Å². The molecule has 0 saturated carbocycles. The van der Waals surface area contributed by atoms with Gasteiger partial charge in [0.25, 0.3) is 11.5 Å². The number of nitrogens with one attached hydrogen (secondary N) is 1. The van der Waals surface area contributed by atoms with E-state index in [9.17, 15) is 23.3 Å². The van der Waals surface area contributed by atoms with Gasteiger partial charge in [0.2, 0.25) is 0 Å². The summed E-state index contributed by atoms with van der Waals surface area (Å²) in [7, 11) is -3.34. The minimum atomic E-state index is -3.34. The second-order valence-electron chi connectivity index (χ2n) is 16.3. The van der Waals surface area contributed by atoms with Crippen LogP contribution in [0.1, 0.15) is 102 Å². The number of ether oxygens (including phenoxy) is 3. The third kappa shape index (κ3) is 9.66. The van der Waals surface area contributed by atoms with Gasteiger partial charge in [-0.25, -0.2) is 32.0 Å². The molecule has 16 heteroatoms. The summed E-state index contributed by atoms with van der Waals surface area (Å²) < 4.78 is 74.1. The number of fused-ring (bicyclic) bond motifs is 1. The van der Waals surface area contributed by atoms with Crippen molar-refractivity contribution in [3.05, 3.63) is 63.7 Å². The van der Waals surface area contributed by atoms with Gasteiger partial charge in [-0.05, 0) is 77.5 Å². The van der Waals surface area contributed by atoms with E-state index in [-0.39, 0.29) is 66.3 Å². The maximum atomic E-state index is 15.7. The molecule has 1 atom stereocenters. The minimum Gasteiger partial charge on any atom is -0.444 e. The van der Waals surface area contributed by atoms with Crippen molar-refractivity contribution in [2.45, 2.75) is 115 Å². The topological polar surface area (TPSA) is 166 Å². The molecular weight excluding hydrogens is 747 g/mol. The van der Waals surface area contributed by atoms with Gasteiger partial charge in [0, 0.05) is 49.1 Å². The number of halogens is 2. The summed E-state index contributed by atoms with van der Waals surface area (Å²) in [6.45, 7) is 9.01. The van der Waals surface area contributed by atoms with Crippen LogP contribution >= 0.6 is 0 Å². The molecule has 0 aliphatic carbocycles. The van der Waals surface area contributed by atoms with Gasteiger partial charge in [-0.3, -0.25) is 9.36 Å². The Balaban J connectivity index is 1.22.